The van der Waals surface area contributed by atoms with Gasteiger partial charge in [0.25, 0.3) is 0 Å². The van der Waals surface area contributed by atoms with E-state index in [1.165, 1.54) is 30.5 Å². The number of carbonyl (C=O) groups excluding carboxylic acids is 1. The molecule has 5 heterocycles. The molecule has 54 heavy (non-hydrogen) atoms. The van der Waals surface area contributed by atoms with Crippen LogP contribution < -0.4 is 9.64 Å². The monoisotopic (exact) mass is 740 g/mol. The highest BCUT2D eigenvalue weighted by Gasteiger charge is 2.48. The van der Waals surface area contributed by atoms with Crippen molar-refractivity contribution in [3.05, 3.63) is 47.7 Å². The molecule has 11 nitrogen and oxygen atoms in total. The molecular formula is C41H46F2N6O5. The van der Waals surface area contributed by atoms with Gasteiger partial charge < -0.3 is 29.1 Å². The number of piperidine rings is 1. The van der Waals surface area contributed by atoms with Crippen LogP contribution >= 0.6 is 0 Å². The molecule has 4 fully saturated rings. The molecule has 284 valence electrons. The number of carbonyl (C=O) groups is 1. The van der Waals surface area contributed by atoms with Crippen LogP contribution in [0.5, 0.6) is 11.8 Å². The lowest BCUT2D eigenvalue weighted by molar-refractivity contribution is -0.00865. The molecule has 3 saturated heterocycles. The van der Waals surface area contributed by atoms with Gasteiger partial charge in [0, 0.05) is 61.4 Å². The molecule has 8 rings (SSSR count). The van der Waals surface area contributed by atoms with Gasteiger partial charge >= 0.3 is 12.1 Å². The Morgan fingerprint density at radius 3 is 2.80 bits per heavy atom. The van der Waals surface area contributed by atoms with E-state index in [2.05, 4.69) is 20.7 Å². The molecule has 4 aromatic rings. The van der Waals surface area contributed by atoms with Gasteiger partial charge in [-0.1, -0.05) is 18.4 Å². The van der Waals surface area contributed by atoms with Crippen LogP contribution in [0.1, 0.15) is 57.4 Å². The van der Waals surface area contributed by atoms with Crippen molar-refractivity contribution in [3.8, 4) is 35.4 Å². The maximum Gasteiger partial charge on any atom is 0.409 e. The van der Waals surface area contributed by atoms with Gasteiger partial charge in [0.15, 0.2) is 5.82 Å². The number of fused-ring (bicyclic) bond motifs is 3. The van der Waals surface area contributed by atoms with Gasteiger partial charge in [0.1, 0.15) is 28.6 Å². The number of halogens is 2. The standard InChI is InChI=1S/C41H46F2N6O5/c1-3-29-32(42)10-9-27-20-28(50)21-30(34(27)29)36-35(43)37-31(22-44-36)38(48-15-7-18-52-19-17-48)46-39(45-37)54-25-41-12-5-8-33(41)47(14-6-13-41)16-11-26-23-49(24-26)40(51)53-4-2/h1,9-10,20-22,26,33,50H,4-8,11-19,23-25H2,2H3. The maximum atomic E-state index is 17.0. The van der Waals surface area contributed by atoms with Crippen LogP contribution in [0.2, 0.25) is 0 Å². The van der Waals surface area contributed by atoms with Crippen LogP contribution in [0.25, 0.3) is 32.9 Å². The SMILES string of the molecule is C#Cc1c(F)ccc2cc(O)cc(-c3ncc4c(N5CCCOCC5)nc(OCC56CCCC5N(CCC5CN(C(=O)OCC)C5)CCC6)nc4c3F)c12. The Morgan fingerprint density at radius 2 is 1.96 bits per heavy atom. The van der Waals surface area contributed by atoms with Crippen LogP contribution in [0.4, 0.5) is 19.4 Å². The van der Waals surface area contributed by atoms with Gasteiger partial charge in [-0.05, 0) is 88.0 Å². The van der Waals surface area contributed by atoms with E-state index in [1.807, 2.05) is 6.92 Å². The maximum absolute atomic E-state index is 17.0. The smallest absolute Gasteiger partial charge is 0.409 e. The molecule has 0 spiro atoms. The predicted octanol–water partition coefficient (Wildman–Crippen LogP) is 6.53. The third-order valence-electron chi connectivity index (χ3n) is 11.8. The van der Waals surface area contributed by atoms with Gasteiger partial charge in [-0.15, -0.1) is 6.42 Å². The molecule has 0 radical (unpaired) electrons. The van der Waals surface area contributed by atoms with Gasteiger partial charge in [0.2, 0.25) is 0 Å². The molecule has 3 aliphatic heterocycles. The number of terminal acetylenes is 1. The first-order chi connectivity index (χ1) is 26.3. The summed E-state index contributed by atoms with van der Waals surface area (Å²) in [5.41, 5.74) is -0.0629. The molecule has 2 unspecified atom stereocenters. The van der Waals surface area contributed by atoms with Crippen molar-refractivity contribution >= 4 is 33.6 Å². The molecule has 1 amide bonds. The number of hydrogen-bond acceptors (Lipinski definition) is 10. The Bertz CT molecular complexity index is 2100. The number of hydrogen-bond donors (Lipinski definition) is 1. The summed E-state index contributed by atoms with van der Waals surface area (Å²) in [6.45, 7) is 8.42. The molecule has 2 atom stereocenters. The lowest BCUT2D eigenvalue weighted by Crippen LogP contribution is -2.54. The summed E-state index contributed by atoms with van der Waals surface area (Å²) < 4.78 is 49.4. The predicted molar refractivity (Wildman–Crippen MR) is 201 cm³/mol. The first kappa shape index (κ1) is 36.2. The van der Waals surface area contributed by atoms with Gasteiger partial charge in [-0.3, -0.25) is 9.88 Å². The van der Waals surface area contributed by atoms with Crippen LogP contribution in [0, 0.1) is 35.3 Å². The second kappa shape index (κ2) is 15.1. The van der Waals surface area contributed by atoms with Crippen molar-refractivity contribution in [3.63, 3.8) is 0 Å². The van der Waals surface area contributed by atoms with Crippen LogP contribution in [-0.2, 0) is 9.47 Å². The average Bonchev–Trinajstić information content (AvgIpc) is 3.40. The highest BCUT2D eigenvalue weighted by molar-refractivity contribution is 6.03. The zero-order chi connectivity index (χ0) is 37.4. The van der Waals surface area contributed by atoms with Gasteiger partial charge in [0.05, 0.1) is 30.8 Å². The Labute approximate surface area is 313 Å². The molecule has 2 aromatic carbocycles. The number of benzene rings is 2. The number of anilines is 1. The second-order valence-corrected chi connectivity index (χ2v) is 15.1. The number of nitrogens with zero attached hydrogens (tertiary/aromatic N) is 6. The number of rotatable bonds is 9. The lowest BCUT2D eigenvalue weighted by Gasteiger charge is -2.47. The van der Waals surface area contributed by atoms with Crippen LogP contribution in [0.3, 0.4) is 0 Å². The van der Waals surface area contributed by atoms with Crippen LogP contribution in [-0.4, -0.2) is 108 Å². The topological polar surface area (TPSA) is 113 Å². The lowest BCUT2D eigenvalue weighted by atomic mass is 9.75. The zero-order valence-electron chi connectivity index (χ0n) is 30.7. The highest BCUT2D eigenvalue weighted by atomic mass is 19.1. The summed E-state index contributed by atoms with van der Waals surface area (Å²) in [5, 5.41) is 11.8. The van der Waals surface area contributed by atoms with E-state index < -0.39 is 11.6 Å². The first-order valence-electron chi connectivity index (χ1n) is 19.2. The van der Waals surface area contributed by atoms with Crippen molar-refractivity contribution in [1.82, 2.24) is 24.8 Å². The first-order valence-corrected chi connectivity index (χ1v) is 19.2. The normalized spacial score (nSPS) is 22.1. The van der Waals surface area contributed by atoms with Crippen molar-refractivity contribution in [2.75, 3.05) is 70.6 Å². The number of amides is 1. The number of ether oxygens (including phenoxy) is 3. The molecule has 1 N–H and O–H groups in total. The molecule has 1 saturated carbocycles. The summed E-state index contributed by atoms with van der Waals surface area (Å²) in [6, 6.07) is 5.97. The number of likely N-dealkylation sites (tertiary alicyclic amines) is 2. The summed E-state index contributed by atoms with van der Waals surface area (Å²) in [6.07, 6.45) is 14.1. The summed E-state index contributed by atoms with van der Waals surface area (Å²) in [7, 11) is 0. The number of phenolic OH excluding ortho intramolecular Hbond substituents is 1. The Kier molecular flexibility index (Phi) is 10.2. The summed E-state index contributed by atoms with van der Waals surface area (Å²) in [5.74, 6) is 1.87. The minimum Gasteiger partial charge on any atom is -0.508 e. The Hall–Kier alpha value is -4.80. The van der Waals surface area contributed by atoms with Gasteiger partial charge in [-0.2, -0.15) is 9.97 Å². The number of phenols is 1. The van der Waals surface area contributed by atoms with Crippen molar-refractivity contribution in [1.29, 1.82) is 0 Å². The number of aromatic hydroxyl groups is 1. The van der Waals surface area contributed by atoms with Crippen molar-refractivity contribution in [2.24, 2.45) is 11.3 Å². The van der Waals surface area contributed by atoms with Crippen LogP contribution in [0.15, 0.2) is 30.5 Å². The third kappa shape index (κ3) is 6.75. The number of aromatic nitrogens is 3. The van der Waals surface area contributed by atoms with Crippen molar-refractivity contribution in [2.45, 2.75) is 57.9 Å². The zero-order valence-corrected chi connectivity index (χ0v) is 30.7. The quantitative estimate of drug-likeness (QED) is 0.190. The average molecular weight is 741 g/mol. The van der Waals surface area contributed by atoms with E-state index in [-0.39, 0.29) is 51.0 Å². The van der Waals surface area contributed by atoms with E-state index in [1.54, 1.807) is 4.90 Å². The molecule has 1 aliphatic carbocycles. The van der Waals surface area contributed by atoms with E-state index in [9.17, 15) is 14.3 Å². The van der Waals surface area contributed by atoms with Gasteiger partial charge in [-0.25, -0.2) is 13.6 Å². The van der Waals surface area contributed by atoms with E-state index in [0.717, 1.165) is 71.1 Å². The fourth-order valence-electron chi connectivity index (χ4n) is 9.18. The minimum atomic E-state index is -0.746. The molecular weight excluding hydrogens is 694 g/mol. The minimum absolute atomic E-state index is 0.0171. The third-order valence-corrected chi connectivity index (χ3v) is 11.8. The molecule has 4 aliphatic rings. The fraction of sp³-hybridized carbons (Fsp3) is 0.512. The summed E-state index contributed by atoms with van der Waals surface area (Å²) in [4.78, 5) is 32.6. The van der Waals surface area contributed by atoms with E-state index >= 15 is 4.39 Å². The molecule has 0 bridgehead atoms. The second-order valence-electron chi connectivity index (χ2n) is 15.1. The van der Waals surface area contributed by atoms with E-state index in [0.29, 0.717) is 68.1 Å². The molecule has 13 heteroatoms. The number of pyridine rings is 1. The highest BCUT2D eigenvalue weighted by Crippen LogP contribution is 2.48. The molecule has 2 aromatic heterocycles. The summed E-state index contributed by atoms with van der Waals surface area (Å²) >= 11 is 0. The fourth-order valence-corrected chi connectivity index (χ4v) is 9.18. The Balaban J connectivity index is 1.10. The largest absolute Gasteiger partial charge is 0.508 e. The Morgan fingerprint density at radius 1 is 1.11 bits per heavy atom. The van der Waals surface area contributed by atoms with E-state index in [4.69, 9.17) is 30.6 Å². The van der Waals surface area contributed by atoms with Crippen molar-refractivity contribution < 1.29 is 32.9 Å².